The van der Waals surface area contributed by atoms with Crippen LogP contribution in [0.2, 0.25) is 5.02 Å². The van der Waals surface area contributed by atoms with Crippen LogP contribution in [0.15, 0.2) is 24.3 Å². The molecule has 0 unspecified atom stereocenters. The SMILES string of the molecule is NCCN1CCN(Cc2ccc(Cl)cc2)CC1. The maximum absolute atomic E-state index is 5.88. The van der Waals surface area contributed by atoms with E-state index in [1.54, 1.807) is 0 Å². The molecule has 4 heteroatoms. The highest BCUT2D eigenvalue weighted by Gasteiger charge is 2.15. The topological polar surface area (TPSA) is 32.5 Å². The van der Waals surface area contributed by atoms with Gasteiger partial charge in [-0.15, -0.1) is 0 Å². The van der Waals surface area contributed by atoms with Crippen LogP contribution in [0, 0.1) is 0 Å². The van der Waals surface area contributed by atoms with E-state index in [-0.39, 0.29) is 0 Å². The van der Waals surface area contributed by atoms with Gasteiger partial charge < -0.3 is 5.73 Å². The van der Waals surface area contributed by atoms with E-state index < -0.39 is 0 Å². The lowest BCUT2D eigenvalue weighted by molar-refractivity contribution is 0.130. The third-order valence-corrected chi connectivity index (χ3v) is 3.48. The summed E-state index contributed by atoms with van der Waals surface area (Å²) >= 11 is 5.88. The molecule has 2 rings (SSSR count). The van der Waals surface area contributed by atoms with Crippen molar-refractivity contribution in [3.05, 3.63) is 34.9 Å². The van der Waals surface area contributed by atoms with E-state index in [1.165, 1.54) is 5.56 Å². The molecule has 1 aliphatic rings. The molecule has 1 aromatic carbocycles. The van der Waals surface area contributed by atoms with Gasteiger partial charge in [-0.3, -0.25) is 9.80 Å². The molecule has 3 nitrogen and oxygen atoms in total. The third-order valence-electron chi connectivity index (χ3n) is 3.23. The first-order valence-electron chi connectivity index (χ1n) is 6.17. The van der Waals surface area contributed by atoms with Gasteiger partial charge in [0, 0.05) is 50.8 Å². The summed E-state index contributed by atoms with van der Waals surface area (Å²) in [4.78, 5) is 4.91. The zero-order valence-corrected chi connectivity index (χ0v) is 10.9. The highest BCUT2D eigenvalue weighted by atomic mass is 35.5. The summed E-state index contributed by atoms with van der Waals surface area (Å²) in [5.74, 6) is 0. The maximum atomic E-state index is 5.88. The number of halogens is 1. The van der Waals surface area contributed by atoms with Crippen LogP contribution in [0.3, 0.4) is 0 Å². The van der Waals surface area contributed by atoms with Crippen LogP contribution in [-0.4, -0.2) is 49.1 Å². The molecule has 1 fully saturated rings. The molecule has 0 bridgehead atoms. The molecule has 1 aromatic rings. The number of nitrogens with two attached hydrogens (primary N) is 1. The Kier molecular flexibility index (Phi) is 4.80. The molecule has 94 valence electrons. The molecule has 1 saturated heterocycles. The molecule has 0 spiro atoms. The second-order valence-corrected chi connectivity index (χ2v) is 4.97. The smallest absolute Gasteiger partial charge is 0.0406 e. The van der Waals surface area contributed by atoms with Gasteiger partial charge in [-0.25, -0.2) is 0 Å². The number of hydrogen-bond donors (Lipinski definition) is 1. The van der Waals surface area contributed by atoms with E-state index in [4.69, 9.17) is 17.3 Å². The van der Waals surface area contributed by atoms with Gasteiger partial charge >= 0.3 is 0 Å². The summed E-state index contributed by atoms with van der Waals surface area (Å²) in [6, 6.07) is 8.13. The molecule has 0 saturated carbocycles. The second kappa shape index (κ2) is 6.36. The quantitative estimate of drug-likeness (QED) is 0.881. The first kappa shape index (κ1) is 12.8. The maximum Gasteiger partial charge on any atom is 0.0406 e. The summed E-state index contributed by atoms with van der Waals surface area (Å²) < 4.78 is 0. The van der Waals surface area contributed by atoms with Crippen LogP contribution in [-0.2, 0) is 6.54 Å². The minimum absolute atomic E-state index is 0.761. The van der Waals surface area contributed by atoms with Crippen molar-refractivity contribution in [3.63, 3.8) is 0 Å². The molecule has 0 amide bonds. The van der Waals surface area contributed by atoms with Gasteiger partial charge in [-0.2, -0.15) is 0 Å². The van der Waals surface area contributed by atoms with Gasteiger partial charge in [0.25, 0.3) is 0 Å². The van der Waals surface area contributed by atoms with Crippen LogP contribution in [0.5, 0.6) is 0 Å². The van der Waals surface area contributed by atoms with E-state index in [0.717, 1.165) is 50.8 Å². The fourth-order valence-electron chi connectivity index (χ4n) is 2.20. The standard InChI is InChI=1S/C13H20ClN3/c14-13-3-1-12(2-4-13)11-17-9-7-16(6-5-15)8-10-17/h1-4H,5-11,15H2. The Morgan fingerprint density at radius 1 is 1.00 bits per heavy atom. The third kappa shape index (κ3) is 3.96. The summed E-state index contributed by atoms with van der Waals surface area (Å²) in [6.07, 6.45) is 0. The number of hydrogen-bond acceptors (Lipinski definition) is 3. The average molecular weight is 254 g/mol. The average Bonchev–Trinajstić information content (AvgIpc) is 2.35. The molecule has 0 aliphatic carbocycles. The Hall–Kier alpha value is -0.610. The predicted octanol–water partition coefficient (Wildman–Crippen LogP) is 1.42. The van der Waals surface area contributed by atoms with Crippen LogP contribution in [0.4, 0.5) is 0 Å². The molecule has 2 N–H and O–H groups in total. The van der Waals surface area contributed by atoms with Gasteiger partial charge in [0.1, 0.15) is 0 Å². The number of nitrogens with zero attached hydrogens (tertiary/aromatic N) is 2. The van der Waals surface area contributed by atoms with Crippen molar-refractivity contribution in [2.45, 2.75) is 6.54 Å². The minimum Gasteiger partial charge on any atom is -0.329 e. The van der Waals surface area contributed by atoms with E-state index >= 15 is 0 Å². The van der Waals surface area contributed by atoms with Crippen molar-refractivity contribution in [1.29, 1.82) is 0 Å². The molecular weight excluding hydrogens is 234 g/mol. The van der Waals surface area contributed by atoms with E-state index in [2.05, 4.69) is 21.9 Å². The van der Waals surface area contributed by atoms with Crippen molar-refractivity contribution in [2.24, 2.45) is 5.73 Å². The van der Waals surface area contributed by atoms with Gasteiger partial charge in [-0.05, 0) is 17.7 Å². The van der Waals surface area contributed by atoms with Gasteiger partial charge in [0.15, 0.2) is 0 Å². The molecule has 17 heavy (non-hydrogen) atoms. The van der Waals surface area contributed by atoms with Crippen LogP contribution in [0.1, 0.15) is 5.56 Å². The number of rotatable bonds is 4. The van der Waals surface area contributed by atoms with E-state index in [1.807, 2.05) is 12.1 Å². The predicted molar refractivity (Wildman–Crippen MR) is 72.2 cm³/mol. The van der Waals surface area contributed by atoms with Gasteiger partial charge in [0.05, 0.1) is 0 Å². The Labute approximate surface area is 108 Å². The lowest BCUT2D eigenvalue weighted by Gasteiger charge is -2.34. The normalized spacial score (nSPS) is 18.5. The van der Waals surface area contributed by atoms with Gasteiger partial charge in [-0.1, -0.05) is 23.7 Å². The Morgan fingerprint density at radius 2 is 1.59 bits per heavy atom. The highest BCUT2D eigenvalue weighted by molar-refractivity contribution is 6.30. The summed E-state index contributed by atoms with van der Waals surface area (Å²) in [6.45, 7) is 7.32. The monoisotopic (exact) mass is 253 g/mol. The van der Waals surface area contributed by atoms with E-state index in [0.29, 0.717) is 0 Å². The minimum atomic E-state index is 0.761. The first-order chi connectivity index (χ1) is 8.28. The van der Waals surface area contributed by atoms with Crippen molar-refractivity contribution in [2.75, 3.05) is 39.3 Å². The molecule has 0 radical (unpaired) electrons. The Morgan fingerprint density at radius 3 is 2.18 bits per heavy atom. The summed E-state index contributed by atoms with van der Waals surface area (Å²) in [5.41, 5.74) is 6.90. The zero-order valence-electron chi connectivity index (χ0n) is 10.1. The van der Waals surface area contributed by atoms with E-state index in [9.17, 15) is 0 Å². The number of benzene rings is 1. The number of piperazine rings is 1. The van der Waals surface area contributed by atoms with Crippen LogP contribution in [0.25, 0.3) is 0 Å². The molecule has 0 aromatic heterocycles. The first-order valence-corrected chi connectivity index (χ1v) is 6.55. The van der Waals surface area contributed by atoms with Crippen molar-refractivity contribution in [3.8, 4) is 0 Å². The Bertz CT molecular complexity index is 331. The largest absolute Gasteiger partial charge is 0.329 e. The zero-order chi connectivity index (χ0) is 12.1. The van der Waals surface area contributed by atoms with Gasteiger partial charge in [0.2, 0.25) is 0 Å². The molecule has 0 atom stereocenters. The fourth-order valence-corrected chi connectivity index (χ4v) is 2.33. The second-order valence-electron chi connectivity index (χ2n) is 4.53. The summed E-state index contributed by atoms with van der Waals surface area (Å²) in [5, 5.41) is 0.807. The van der Waals surface area contributed by atoms with Crippen molar-refractivity contribution >= 4 is 11.6 Å². The van der Waals surface area contributed by atoms with Crippen molar-refractivity contribution in [1.82, 2.24) is 9.80 Å². The fraction of sp³-hybridized carbons (Fsp3) is 0.538. The molecule has 1 heterocycles. The Balaban J connectivity index is 1.79. The lowest BCUT2D eigenvalue weighted by Crippen LogP contribution is -2.47. The highest BCUT2D eigenvalue weighted by Crippen LogP contribution is 2.12. The van der Waals surface area contributed by atoms with Crippen molar-refractivity contribution < 1.29 is 0 Å². The lowest BCUT2D eigenvalue weighted by atomic mass is 10.2. The molecular formula is C13H20ClN3. The van der Waals surface area contributed by atoms with Crippen LogP contribution >= 0.6 is 11.6 Å². The van der Waals surface area contributed by atoms with Crippen LogP contribution < -0.4 is 5.73 Å². The summed E-state index contributed by atoms with van der Waals surface area (Å²) in [7, 11) is 0. The molecule has 1 aliphatic heterocycles.